The molecule has 0 aromatic rings. The summed E-state index contributed by atoms with van der Waals surface area (Å²) >= 11 is 0. The van der Waals surface area contributed by atoms with Crippen LogP contribution in [-0.4, -0.2) is 24.8 Å². The second-order valence-electron chi connectivity index (χ2n) is 2.42. The number of carbonyl (C=O) groups is 1. The Bertz CT molecular complexity index is 174. The molecule has 1 heterocycles. The highest BCUT2D eigenvalue weighted by Crippen LogP contribution is 2.21. The second kappa shape index (κ2) is 3.53. The molecule has 0 bridgehead atoms. The lowest BCUT2D eigenvalue weighted by Crippen LogP contribution is -1.99. The van der Waals surface area contributed by atoms with E-state index in [1.807, 2.05) is 6.92 Å². The largest absolute Gasteiger partial charge is 0.463 e. The maximum Gasteiger partial charge on any atom is 0.330 e. The molecule has 3 heteroatoms. The van der Waals surface area contributed by atoms with E-state index in [2.05, 4.69) is 4.74 Å². The first-order valence-corrected chi connectivity index (χ1v) is 3.74. The summed E-state index contributed by atoms with van der Waals surface area (Å²) in [5.41, 5.74) is 0. The van der Waals surface area contributed by atoms with Gasteiger partial charge < -0.3 is 9.47 Å². The molecular weight excluding hydrogens is 144 g/mol. The van der Waals surface area contributed by atoms with Crippen LogP contribution < -0.4 is 0 Å². The van der Waals surface area contributed by atoms with Crippen LogP contribution in [0.4, 0.5) is 0 Å². The van der Waals surface area contributed by atoms with Gasteiger partial charge in [-0.3, -0.25) is 0 Å². The summed E-state index contributed by atoms with van der Waals surface area (Å²) in [5.74, 6) is -0.296. The summed E-state index contributed by atoms with van der Waals surface area (Å²) in [4.78, 5) is 10.7. The lowest BCUT2D eigenvalue weighted by atomic mass is 10.3. The van der Waals surface area contributed by atoms with Crippen LogP contribution in [0.2, 0.25) is 0 Å². The van der Waals surface area contributed by atoms with E-state index < -0.39 is 0 Å². The van der Waals surface area contributed by atoms with Gasteiger partial charge in [-0.05, 0) is 19.9 Å². The van der Waals surface area contributed by atoms with Gasteiger partial charge in [0, 0.05) is 6.08 Å². The normalized spacial score (nSPS) is 28.9. The Morgan fingerprint density at radius 3 is 2.82 bits per heavy atom. The van der Waals surface area contributed by atoms with Crippen molar-refractivity contribution < 1.29 is 14.3 Å². The van der Waals surface area contributed by atoms with E-state index in [9.17, 15) is 4.79 Å². The van der Waals surface area contributed by atoms with Crippen molar-refractivity contribution in [1.29, 1.82) is 0 Å². The second-order valence-corrected chi connectivity index (χ2v) is 2.42. The molecule has 0 spiro atoms. The first kappa shape index (κ1) is 8.27. The van der Waals surface area contributed by atoms with Crippen LogP contribution >= 0.6 is 0 Å². The summed E-state index contributed by atoms with van der Waals surface area (Å²) in [6.45, 7) is 4.16. The highest BCUT2D eigenvalue weighted by atomic mass is 16.6. The number of rotatable bonds is 3. The van der Waals surface area contributed by atoms with E-state index in [1.165, 1.54) is 6.08 Å². The predicted molar refractivity (Wildman–Crippen MR) is 40.1 cm³/mol. The standard InChI is InChI=1S/C8H12O3/c1-3-10-8(9)5-4-7-6(2)11-7/h4-7H,3H2,1-2H3/b5-4-/t6-,7-/m0/s1. The van der Waals surface area contributed by atoms with E-state index in [0.717, 1.165) is 0 Å². The highest BCUT2D eigenvalue weighted by molar-refractivity contribution is 5.82. The van der Waals surface area contributed by atoms with Gasteiger partial charge >= 0.3 is 5.97 Å². The monoisotopic (exact) mass is 156 g/mol. The molecule has 3 nitrogen and oxygen atoms in total. The van der Waals surface area contributed by atoms with E-state index in [0.29, 0.717) is 6.61 Å². The molecule has 2 atom stereocenters. The maximum absolute atomic E-state index is 10.7. The molecular formula is C8H12O3. The molecule has 1 saturated heterocycles. The van der Waals surface area contributed by atoms with Gasteiger partial charge in [0.05, 0.1) is 12.7 Å². The van der Waals surface area contributed by atoms with Crippen molar-refractivity contribution in [2.75, 3.05) is 6.61 Å². The molecule has 0 saturated carbocycles. The van der Waals surface area contributed by atoms with Crippen LogP contribution in [0.1, 0.15) is 13.8 Å². The fourth-order valence-corrected chi connectivity index (χ4v) is 0.768. The van der Waals surface area contributed by atoms with Crippen LogP contribution in [0.15, 0.2) is 12.2 Å². The summed E-state index contributed by atoms with van der Waals surface area (Å²) in [7, 11) is 0. The fraction of sp³-hybridized carbons (Fsp3) is 0.625. The van der Waals surface area contributed by atoms with Gasteiger partial charge in [-0.25, -0.2) is 4.79 Å². The first-order chi connectivity index (χ1) is 5.24. The molecule has 11 heavy (non-hydrogen) atoms. The maximum atomic E-state index is 10.7. The van der Waals surface area contributed by atoms with E-state index >= 15 is 0 Å². The fourth-order valence-electron chi connectivity index (χ4n) is 0.768. The summed E-state index contributed by atoms with van der Waals surface area (Å²) < 4.78 is 9.72. The summed E-state index contributed by atoms with van der Waals surface area (Å²) in [6.07, 6.45) is 3.53. The Hall–Kier alpha value is -0.830. The Morgan fingerprint density at radius 2 is 2.36 bits per heavy atom. The van der Waals surface area contributed by atoms with Crippen molar-refractivity contribution in [2.45, 2.75) is 26.1 Å². The average Bonchev–Trinajstić information content (AvgIpc) is 2.63. The van der Waals surface area contributed by atoms with E-state index in [4.69, 9.17) is 4.74 Å². The number of ether oxygens (including phenoxy) is 2. The number of hydrogen-bond acceptors (Lipinski definition) is 3. The Balaban J connectivity index is 2.18. The van der Waals surface area contributed by atoms with Crippen LogP contribution in [0.3, 0.4) is 0 Å². The van der Waals surface area contributed by atoms with Crippen LogP contribution in [-0.2, 0) is 14.3 Å². The molecule has 0 aromatic heterocycles. The van der Waals surface area contributed by atoms with Gasteiger partial charge in [0.25, 0.3) is 0 Å². The molecule has 0 aromatic carbocycles. The van der Waals surface area contributed by atoms with E-state index in [-0.39, 0.29) is 18.2 Å². The highest BCUT2D eigenvalue weighted by Gasteiger charge is 2.31. The minimum absolute atomic E-state index is 0.124. The van der Waals surface area contributed by atoms with Gasteiger partial charge in [0.1, 0.15) is 6.10 Å². The van der Waals surface area contributed by atoms with Crippen molar-refractivity contribution >= 4 is 5.97 Å². The zero-order valence-electron chi connectivity index (χ0n) is 6.74. The van der Waals surface area contributed by atoms with Gasteiger partial charge in [-0.15, -0.1) is 0 Å². The third kappa shape index (κ3) is 2.72. The van der Waals surface area contributed by atoms with E-state index in [1.54, 1.807) is 13.0 Å². The minimum Gasteiger partial charge on any atom is -0.463 e. The van der Waals surface area contributed by atoms with Gasteiger partial charge in [-0.2, -0.15) is 0 Å². The third-order valence-corrected chi connectivity index (χ3v) is 1.47. The third-order valence-electron chi connectivity index (χ3n) is 1.47. The number of hydrogen-bond donors (Lipinski definition) is 0. The van der Waals surface area contributed by atoms with Crippen LogP contribution in [0, 0.1) is 0 Å². The lowest BCUT2D eigenvalue weighted by molar-refractivity contribution is -0.137. The Morgan fingerprint density at radius 1 is 1.73 bits per heavy atom. The zero-order valence-corrected chi connectivity index (χ0v) is 6.74. The lowest BCUT2D eigenvalue weighted by Gasteiger charge is -1.92. The van der Waals surface area contributed by atoms with Crippen molar-refractivity contribution in [3.05, 3.63) is 12.2 Å². The average molecular weight is 156 g/mol. The number of esters is 1. The topological polar surface area (TPSA) is 38.8 Å². The quantitative estimate of drug-likeness (QED) is 0.346. The van der Waals surface area contributed by atoms with Crippen molar-refractivity contribution in [3.63, 3.8) is 0 Å². The molecule has 0 aliphatic carbocycles. The molecule has 0 radical (unpaired) electrons. The molecule has 0 N–H and O–H groups in total. The zero-order chi connectivity index (χ0) is 8.27. The van der Waals surface area contributed by atoms with Gasteiger partial charge in [-0.1, -0.05) is 0 Å². The number of epoxide rings is 1. The minimum atomic E-state index is -0.296. The number of carbonyl (C=O) groups excluding carboxylic acids is 1. The summed E-state index contributed by atoms with van der Waals surface area (Å²) in [5, 5.41) is 0. The Labute approximate surface area is 66.0 Å². The molecule has 62 valence electrons. The molecule has 1 fully saturated rings. The smallest absolute Gasteiger partial charge is 0.330 e. The molecule has 1 aliphatic rings. The summed E-state index contributed by atoms with van der Waals surface area (Å²) in [6, 6.07) is 0. The first-order valence-electron chi connectivity index (χ1n) is 3.74. The Kier molecular flexibility index (Phi) is 2.65. The van der Waals surface area contributed by atoms with Crippen molar-refractivity contribution in [1.82, 2.24) is 0 Å². The van der Waals surface area contributed by atoms with Gasteiger partial charge in [0.2, 0.25) is 0 Å². The molecule has 1 aliphatic heterocycles. The molecule has 1 rings (SSSR count). The molecule has 0 unspecified atom stereocenters. The predicted octanol–water partition coefficient (Wildman–Crippen LogP) is 0.893. The van der Waals surface area contributed by atoms with Gasteiger partial charge in [0.15, 0.2) is 0 Å². The van der Waals surface area contributed by atoms with Crippen LogP contribution in [0.25, 0.3) is 0 Å². The van der Waals surface area contributed by atoms with Crippen LogP contribution in [0.5, 0.6) is 0 Å². The SMILES string of the molecule is CCOC(=O)/C=C\[C@@H]1O[C@H]1C. The molecule has 0 amide bonds. The van der Waals surface area contributed by atoms with Crippen molar-refractivity contribution in [2.24, 2.45) is 0 Å². The van der Waals surface area contributed by atoms with Crippen molar-refractivity contribution in [3.8, 4) is 0 Å².